The molecule has 6 heteroatoms. The summed E-state index contributed by atoms with van der Waals surface area (Å²) in [5.41, 5.74) is 0. The number of nitrogens with one attached hydrogen (secondary N) is 1. The van der Waals surface area contributed by atoms with Crippen molar-refractivity contribution in [2.24, 2.45) is 5.92 Å². The van der Waals surface area contributed by atoms with Crippen molar-refractivity contribution in [2.75, 3.05) is 26.8 Å². The second-order valence-electron chi connectivity index (χ2n) is 4.84. The number of likely N-dealkylation sites (N-methyl/N-ethyl adjacent to an activating group) is 1. The van der Waals surface area contributed by atoms with Gasteiger partial charge in [0.1, 0.15) is 0 Å². The first-order valence-electron chi connectivity index (χ1n) is 6.25. The molecule has 0 saturated carbocycles. The molecule has 0 bridgehead atoms. The first kappa shape index (κ1) is 14.9. The standard InChI is InChI=1S/C12H22N2O4/c1-4-8(2)13-11(15)5-14(3)10-7-18-6-9(10)12(16)17/h8-10H,4-7H2,1-3H3,(H,13,15)(H,16,17). The fourth-order valence-corrected chi connectivity index (χ4v) is 1.98. The quantitative estimate of drug-likeness (QED) is 0.697. The van der Waals surface area contributed by atoms with Crippen molar-refractivity contribution in [1.82, 2.24) is 10.2 Å². The first-order chi connectivity index (χ1) is 8.45. The zero-order valence-electron chi connectivity index (χ0n) is 11.2. The van der Waals surface area contributed by atoms with Crippen molar-refractivity contribution in [1.29, 1.82) is 0 Å². The van der Waals surface area contributed by atoms with E-state index < -0.39 is 11.9 Å². The summed E-state index contributed by atoms with van der Waals surface area (Å²) in [6.07, 6.45) is 0.875. The monoisotopic (exact) mass is 258 g/mol. The molecule has 1 fully saturated rings. The minimum absolute atomic E-state index is 0.0807. The van der Waals surface area contributed by atoms with Gasteiger partial charge in [-0.2, -0.15) is 0 Å². The molecule has 1 aliphatic rings. The van der Waals surface area contributed by atoms with E-state index in [4.69, 9.17) is 9.84 Å². The maximum Gasteiger partial charge on any atom is 0.310 e. The van der Waals surface area contributed by atoms with Crippen LogP contribution in [0.4, 0.5) is 0 Å². The molecule has 3 atom stereocenters. The Hall–Kier alpha value is -1.14. The Morgan fingerprint density at radius 1 is 1.50 bits per heavy atom. The van der Waals surface area contributed by atoms with Gasteiger partial charge < -0.3 is 15.2 Å². The third-order valence-electron chi connectivity index (χ3n) is 3.35. The number of hydrogen-bond donors (Lipinski definition) is 2. The average Bonchev–Trinajstić information content (AvgIpc) is 2.77. The zero-order valence-corrected chi connectivity index (χ0v) is 11.2. The lowest BCUT2D eigenvalue weighted by Gasteiger charge is -2.26. The second-order valence-corrected chi connectivity index (χ2v) is 4.84. The SMILES string of the molecule is CCC(C)NC(=O)CN(C)C1COCC1C(=O)O. The molecule has 0 spiro atoms. The summed E-state index contributed by atoms with van der Waals surface area (Å²) in [6, 6.07) is -0.0915. The summed E-state index contributed by atoms with van der Waals surface area (Å²) in [7, 11) is 1.76. The predicted octanol–water partition coefficient (Wildman–Crippen LogP) is -0.0675. The number of aliphatic carboxylic acids is 1. The highest BCUT2D eigenvalue weighted by Crippen LogP contribution is 2.18. The van der Waals surface area contributed by atoms with Crippen LogP contribution in [0.3, 0.4) is 0 Å². The summed E-state index contributed by atoms with van der Waals surface area (Å²) < 4.78 is 5.18. The van der Waals surface area contributed by atoms with Gasteiger partial charge in [-0.15, -0.1) is 0 Å². The van der Waals surface area contributed by atoms with Gasteiger partial charge in [-0.1, -0.05) is 6.92 Å². The van der Waals surface area contributed by atoms with Crippen molar-refractivity contribution in [3.63, 3.8) is 0 Å². The Morgan fingerprint density at radius 2 is 2.17 bits per heavy atom. The molecule has 0 radical (unpaired) electrons. The largest absolute Gasteiger partial charge is 0.481 e. The molecule has 0 aromatic heterocycles. The maximum absolute atomic E-state index is 11.7. The minimum atomic E-state index is -0.869. The Balaban J connectivity index is 2.46. The lowest BCUT2D eigenvalue weighted by atomic mass is 10.0. The fraction of sp³-hybridized carbons (Fsp3) is 0.833. The fourth-order valence-electron chi connectivity index (χ4n) is 1.98. The molecule has 2 N–H and O–H groups in total. The van der Waals surface area contributed by atoms with E-state index in [0.29, 0.717) is 6.61 Å². The van der Waals surface area contributed by atoms with Gasteiger partial charge in [0.2, 0.25) is 5.91 Å². The Bertz CT molecular complexity index is 308. The molecule has 1 saturated heterocycles. The van der Waals surface area contributed by atoms with E-state index in [9.17, 15) is 9.59 Å². The van der Waals surface area contributed by atoms with Gasteiger partial charge in [-0.3, -0.25) is 14.5 Å². The van der Waals surface area contributed by atoms with Gasteiger partial charge in [-0.05, 0) is 20.4 Å². The van der Waals surface area contributed by atoms with Crippen LogP contribution in [0.15, 0.2) is 0 Å². The van der Waals surface area contributed by atoms with Crippen molar-refractivity contribution < 1.29 is 19.4 Å². The van der Waals surface area contributed by atoms with Crippen molar-refractivity contribution in [2.45, 2.75) is 32.4 Å². The summed E-state index contributed by atoms with van der Waals surface area (Å²) in [5.74, 6) is -1.50. The van der Waals surface area contributed by atoms with E-state index in [1.54, 1.807) is 11.9 Å². The lowest BCUT2D eigenvalue weighted by Crippen LogP contribution is -2.47. The van der Waals surface area contributed by atoms with Crippen LogP contribution in [0.2, 0.25) is 0 Å². The van der Waals surface area contributed by atoms with E-state index in [1.165, 1.54) is 0 Å². The van der Waals surface area contributed by atoms with Crippen LogP contribution in [0.25, 0.3) is 0 Å². The highest BCUT2D eigenvalue weighted by atomic mass is 16.5. The number of carbonyl (C=O) groups excluding carboxylic acids is 1. The number of rotatable bonds is 6. The summed E-state index contributed by atoms with van der Waals surface area (Å²) in [5, 5.41) is 11.9. The number of ether oxygens (including phenoxy) is 1. The molecule has 1 heterocycles. The van der Waals surface area contributed by atoms with E-state index in [0.717, 1.165) is 6.42 Å². The van der Waals surface area contributed by atoms with Crippen molar-refractivity contribution in [3.05, 3.63) is 0 Å². The normalized spacial score (nSPS) is 25.1. The van der Waals surface area contributed by atoms with E-state index in [1.807, 2.05) is 13.8 Å². The summed E-state index contributed by atoms with van der Waals surface area (Å²) >= 11 is 0. The highest BCUT2D eigenvalue weighted by Gasteiger charge is 2.37. The van der Waals surface area contributed by atoms with Crippen LogP contribution in [0.5, 0.6) is 0 Å². The van der Waals surface area contributed by atoms with E-state index in [2.05, 4.69) is 5.32 Å². The number of amides is 1. The van der Waals surface area contributed by atoms with Crippen LogP contribution in [-0.2, 0) is 14.3 Å². The van der Waals surface area contributed by atoms with Gasteiger partial charge in [0, 0.05) is 12.1 Å². The zero-order chi connectivity index (χ0) is 13.7. The lowest BCUT2D eigenvalue weighted by molar-refractivity contribution is -0.143. The summed E-state index contributed by atoms with van der Waals surface area (Å²) in [6.45, 7) is 4.72. The number of carboxylic acids is 1. The average molecular weight is 258 g/mol. The van der Waals surface area contributed by atoms with Gasteiger partial charge in [0.15, 0.2) is 0 Å². The highest BCUT2D eigenvalue weighted by molar-refractivity contribution is 5.78. The van der Waals surface area contributed by atoms with Crippen molar-refractivity contribution >= 4 is 11.9 Å². The molecule has 104 valence electrons. The van der Waals surface area contributed by atoms with Gasteiger partial charge in [-0.25, -0.2) is 0 Å². The van der Waals surface area contributed by atoms with E-state index >= 15 is 0 Å². The van der Waals surface area contributed by atoms with Gasteiger partial charge in [0.05, 0.1) is 25.7 Å². The smallest absolute Gasteiger partial charge is 0.310 e. The molecule has 6 nitrogen and oxygen atoms in total. The van der Waals surface area contributed by atoms with Gasteiger partial charge in [0.25, 0.3) is 0 Å². The number of hydrogen-bond acceptors (Lipinski definition) is 4. The molecule has 18 heavy (non-hydrogen) atoms. The maximum atomic E-state index is 11.7. The van der Waals surface area contributed by atoms with Crippen LogP contribution >= 0.6 is 0 Å². The topological polar surface area (TPSA) is 78.9 Å². The number of carboxylic acid groups (broad SMARTS) is 1. The summed E-state index contributed by atoms with van der Waals surface area (Å²) in [4.78, 5) is 24.5. The van der Waals surface area contributed by atoms with Crippen LogP contribution in [0, 0.1) is 5.92 Å². The first-order valence-corrected chi connectivity index (χ1v) is 6.25. The molecule has 1 aliphatic heterocycles. The Morgan fingerprint density at radius 3 is 2.72 bits per heavy atom. The second kappa shape index (κ2) is 6.70. The van der Waals surface area contributed by atoms with Crippen LogP contribution < -0.4 is 5.32 Å². The molecular weight excluding hydrogens is 236 g/mol. The third-order valence-corrected chi connectivity index (χ3v) is 3.35. The van der Waals surface area contributed by atoms with E-state index in [-0.39, 0.29) is 31.1 Å². The van der Waals surface area contributed by atoms with Gasteiger partial charge >= 0.3 is 5.97 Å². The molecule has 0 aliphatic carbocycles. The molecular formula is C12H22N2O4. The number of carbonyl (C=O) groups is 2. The molecule has 0 aromatic carbocycles. The Kier molecular flexibility index (Phi) is 5.55. The van der Waals surface area contributed by atoms with Crippen LogP contribution in [-0.4, -0.2) is 60.8 Å². The molecule has 1 rings (SSSR count). The number of nitrogens with zero attached hydrogens (tertiary/aromatic N) is 1. The predicted molar refractivity (Wildman–Crippen MR) is 66.3 cm³/mol. The molecule has 1 amide bonds. The third kappa shape index (κ3) is 3.96. The molecule has 3 unspecified atom stereocenters. The van der Waals surface area contributed by atoms with Crippen molar-refractivity contribution in [3.8, 4) is 0 Å². The minimum Gasteiger partial charge on any atom is -0.481 e. The molecule has 0 aromatic rings. The van der Waals surface area contributed by atoms with Crippen LogP contribution in [0.1, 0.15) is 20.3 Å². The Labute approximate surface area is 107 Å².